The maximum absolute atomic E-state index is 14.0. The lowest BCUT2D eigenvalue weighted by molar-refractivity contribution is -0.126. The van der Waals surface area contributed by atoms with Crippen molar-refractivity contribution in [2.75, 3.05) is 51.2 Å². The fourth-order valence-corrected chi connectivity index (χ4v) is 4.63. The standard InChI is InChI=1S/C25H32ClFN4O/c1-29-12-14-31(15-13-29)23-6-2-19(3-7-23)17-28-25(32)20-8-10-30(11-9-20)18-21-4-5-22(26)16-24(21)27/h2-7,16,20H,8-15,17-18H2,1H3,(H,28,32). The molecule has 1 amide bonds. The summed E-state index contributed by atoms with van der Waals surface area (Å²) in [5, 5.41) is 3.51. The summed E-state index contributed by atoms with van der Waals surface area (Å²) in [7, 11) is 2.16. The zero-order chi connectivity index (χ0) is 22.5. The molecule has 4 rings (SSSR count). The molecule has 32 heavy (non-hydrogen) atoms. The van der Waals surface area contributed by atoms with Crippen molar-refractivity contribution in [2.24, 2.45) is 5.92 Å². The summed E-state index contributed by atoms with van der Waals surface area (Å²) in [5.41, 5.74) is 3.02. The van der Waals surface area contributed by atoms with Crippen molar-refractivity contribution >= 4 is 23.2 Å². The number of hydrogen-bond acceptors (Lipinski definition) is 4. The highest BCUT2D eigenvalue weighted by Gasteiger charge is 2.25. The van der Waals surface area contributed by atoms with Gasteiger partial charge in [-0.05, 0) is 62.8 Å². The molecule has 0 bridgehead atoms. The summed E-state index contributed by atoms with van der Waals surface area (Å²) < 4.78 is 14.0. The van der Waals surface area contributed by atoms with Gasteiger partial charge in [-0.3, -0.25) is 9.69 Å². The van der Waals surface area contributed by atoms with E-state index in [0.29, 0.717) is 23.7 Å². The van der Waals surface area contributed by atoms with E-state index in [1.165, 1.54) is 11.8 Å². The van der Waals surface area contributed by atoms with Gasteiger partial charge in [-0.25, -0.2) is 4.39 Å². The molecule has 0 atom stereocenters. The van der Waals surface area contributed by atoms with E-state index < -0.39 is 0 Å². The predicted molar refractivity (Wildman–Crippen MR) is 127 cm³/mol. The van der Waals surface area contributed by atoms with E-state index in [0.717, 1.165) is 57.7 Å². The van der Waals surface area contributed by atoms with Gasteiger partial charge in [0.1, 0.15) is 5.82 Å². The Labute approximate surface area is 195 Å². The van der Waals surface area contributed by atoms with E-state index in [-0.39, 0.29) is 17.6 Å². The van der Waals surface area contributed by atoms with Crippen LogP contribution in [0.5, 0.6) is 0 Å². The van der Waals surface area contributed by atoms with Gasteiger partial charge in [0, 0.05) is 61.5 Å². The third-order valence-corrected chi connectivity index (χ3v) is 6.87. The summed E-state index contributed by atoms with van der Waals surface area (Å²) in [6.45, 7) is 6.97. The molecule has 2 aromatic carbocycles. The second-order valence-electron chi connectivity index (χ2n) is 8.96. The van der Waals surface area contributed by atoms with Gasteiger partial charge < -0.3 is 15.1 Å². The van der Waals surface area contributed by atoms with E-state index in [2.05, 4.69) is 51.3 Å². The molecule has 2 aliphatic heterocycles. The molecule has 2 aliphatic rings. The molecule has 172 valence electrons. The molecule has 5 nitrogen and oxygen atoms in total. The minimum absolute atomic E-state index is 0.0194. The highest BCUT2D eigenvalue weighted by Crippen LogP contribution is 2.22. The topological polar surface area (TPSA) is 38.8 Å². The van der Waals surface area contributed by atoms with Gasteiger partial charge in [0.15, 0.2) is 0 Å². The second-order valence-corrected chi connectivity index (χ2v) is 9.40. The molecular formula is C25H32ClFN4O. The first-order valence-corrected chi connectivity index (χ1v) is 11.8. The van der Waals surface area contributed by atoms with Crippen LogP contribution in [-0.4, -0.2) is 62.0 Å². The van der Waals surface area contributed by atoms with E-state index in [4.69, 9.17) is 11.6 Å². The quantitative estimate of drug-likeness (QED) is 0.715. The first kappa shape index (κ1) is 23.0. The molecule has 2 fully saturated rings. The molecule has 0 spiro atoms. The molecule has 1 N–H and O–H groups in total. The fraction of sp³-hybridized carbons (Fsp3) is 0.480. The van der Waals surface area contributed by atoms with E-state index >= 15 is 0 Å². The molecule has 0 aliphatic carbocycles. The molecule has 0 radical (unpaired) electrons. The Morgan fingerprint density at radius 2 is 1.72 bits per heavy atom. The van der Waals surface area contributed by atoms with Gasteiger partial charge in [0.25, 0.3) is 0 Å². The number of piperidine rings is 1. The Morgan fingerprint density at radius 1 is 1.03 bits per heavy atom. The number of halogens is 2. The zero-order valence-corrected chi connectivity index (χ0v) is 19.5. The Hall–Kier alpha value is -2.15. The molecule has 2 saturated heterocycles. The number of carbonyl (C=O) groups excluding carboxylic acids is 1. The number of likely N-dealkylation sites (N-methyl/N-ethyl adjacent to an activating group) is 1. The third kappa shape index (κ3) is 6.00. The SMILES string of the molecule is CN1CCN(c2ccc(CNC(=O)C3CCN(Cc4ccc(Cl)cc4F)CC3)cc2)CC1. The minimum Gasteiger partial charge on any atom is -0.369 e. The summed E-state index contributed by atoms with van der Waals surface area (Å²) >= 11 is 5.83. The van der Waals surface area contributed by atoms with E-state index in [1.807, 2.05) is 0 Å². The van der Waals surface area contributed by atoms with Gasteiger partial charge in [-0.15, -0.1) is 0 Å². The average Bonchev–Trinajstić information content (AvgIpc) is 2.81. The van der Waals surface area contributed by atoms with Gasteiger partial charge in [0.2, 0.25) is 5.91 Å². The van der Waals surface area contributed by atoms with Crippen molar-refractivity contribution in [2.45, 2.75) is 25.9 Å². The van der Waals surface area contributed by atoms with Crippen molar-refractivity contribution in [1.82, 2.24) is 15.1 Å². The smallest absolute Gasteiger partial charge is 0.223 e. The number of nitrogens with one attached hydrogen (secondary N) is 1. The maximum atomic E-state index is 14.0. The van der Waals surface area contributed by atoms with Crippen LogP contribution in [0.2, 0.25) is 5.02 Å². The number of likely N-dealkylation sites (tertiary alicyclic amines) is 1. The normalized spacial score (nSPS) is 18.7. The van der Waals surface area contributed by atoms with Crippen LogP contribution in [0.3, 0.4) is 0 Å². The number of amides is 1. The summed E-state index contributed by atoms with van der Waals surface area (Å²) in [6.07, 6.45) is 1.59. The number of piperazine rings is 1. The number of hydrogen-bond donors (Lipinski definition) is 1. The van der Waals surface area contributed by atoms with Gasteiger partial charge in [-0.1, -0.05) is 29.8 Å². The fourth-order valence-electron chi connectivity index (χ4n) is 4.47. The molecule has 2 aromatic rings. The Kier molecular flexibility index (Phi) is 7.66. The average molecular weight is 459 g/mol. The summed E-state index contributed by atoms with van der Waals surface area (Å²) in [5.74, 6) is -0.132. The van der Waals surface area contributed by atoms with Crippen LogP contribution < -0.4 is 10.2 Å². The van der Waals surface area contributed by atoms with Crippen molar-refractivity contribution in [3.63, 3.8) is 0 Å². The van der Waals surface area contributed by atoms with Gasteiger partial charge >= 0.3 is 0 Å². The Bertz CT molecular complexity index is 907. The molecular weight excluding hydrogens is 427 g/mol. The van der Waals surface area contributed by atoms with Crippen molar-refractivity contribution in [3.8, 4) is 0 Å². The second kappa shape index (κ2) is 10.6. The highest BCUT2D eigenvalue weighted by atomic mass is 35.5. The lowest BCUT2D eigenvalue weighted by Crippen LogP contribution is -2.44. The van der Waals surface area contributed by atoms with Crippen molar-refractivity contribution < 1.29 is 9.18 Å². The predicted octanol–water partition coefficient (Wildman–Crippen LogP) is 3.76. The number of nitrogens with zero attached hydrogens (tertiary/aromatic N) is 3. The van der Waals surface area contributed by atoms with Gasteiger partial charge in [-0.2, -0.15) is 0 Å². The lowest BCUT2D eigenvalue weighted by Gasteiger charge is -2.34. The van der Waals surface area contributed by atoms with Crippen LogP contribution in [0.1, 0.15) is 24.0 Å². The number of carbonyl (C=O) groups is 1. The molecule has 2 heterocycles. The molecule has 0 unspecified atom stereocenters. The van der Waals surface area contributed by atoms with Crippen LogP contribution in [-0.2, 0) is 17.9 Å². The minimum atomic E-state index is -0.268. The molecule has 0 saturated carbocycles. The monoisotopic (exact) mass is 458 g/mol. The molecule has 7 heteroatoms. The third-order valence-electron chi connectivity index (χ3n) is 6.64. The summed E-state index contributed by atoms with van der Waals surface area (Å²) in [4.78, 5) is 19.6. The maximum Gasteiger partial charge on any atom is 0.223 e. The highest BCUT2D eigenvalue weighted by molar-refractivity contribution is 6.30. The zero-order valence-electron chi connectivity index (χ0n) is 18.7. The number of rotatable bonds is 6. The van der Waals surface area contributed by atoms with Crippen LogP contribution in [0, 0.1) is 11.7 Å². The lowest BCUT2D eigenvalue weighted by atomic mass is 9.95. The largest absolute Gasteiger partial charge is 0.369 e. The van der Waals surface area contributed by atoms with Crippen LogP contribution in [0.15, 0.2) is 42.5 Å². The molecule has 0 aromatic heterocycles. The van der Waals surface area contributed by atoms with Crippen LogP contribution in [0.25, 0.3) is 0 Å². The van der Waals surface area contributed by atoms with Crippen LogP contribution in [0.4, 0.5) is 10.1 Å². The van der Waals surface area contributed by atoms with Gasteiger partial charge in [0.05, 0.1) is 0 Å². The van der Waals surface area contributed by atoms with Crippen molar-refractivity contribution in [3.05, 3.63) is 64.4 Å². The number of benzene rings is 2. The first-order chi connectivity index (χ1) is 15.5. The summed E-state index contributed by atoms with van der Waals surface area (Å²) in [6, 6.07) is 13.3. The Balaban J connectivity index is 1.20. The van der Waals surface area contributed by atoms with E-state index in [1.54, 1.807) is 12.1 Å². The van der Waals surface area contributed by atoms with Crippen LogP contribution >= 0.6 is 11.6 Å². The van der Waals surface area contributed by atoms with E-state index in [9.17, 15) is 9.18 Å². The number of anilines is 1. The Morgan fingerprint density at radius 3 is 2.38 bits per heavy atom. The first-order valence-electron chi connectivity index (χ1n) is 11.4. The van der Waals surface area contributed by atoms with Crippen molar-refractivity contribution in [1.29, 1.82) is 0 Å².